The first kappa shape index (κ1) is 9.45. The third kappa shape index (κ3) is 1.19. The van der Waals surface area contributed by atoms with Crippen LogP contribution in [0.25, 0.3) is 0 Å². The van der Waals surface area contributed by atoms with E-state index < -0.39 is 23.8 Å². The molecule has 2 rings (SSSR count). The number of ether oxygens (including phenoxy) is 2. The second-order valence-corrected chi connectivity index (χ2v) is 3.70. The van der Waals surface area contributed by atoms with Gasteiger partial charge in [0.1, 0.15) is 0 Å². The van der Waals surface area contributed by atoms with Crippen LogP contribution in [-0.2, 0) is 19.1 Å². The predicted molar refractivity (Wildman–Crippen MR) is 44.5 cm³/mol. The van der Waals surface area contributed by atoms with Crippen molar-refractivity contribution in [2.75, 3.05) is 7.11 Å². The first-order valence-corrected chi connectivity index (χ1v) is 4.61. The molecule has 2 saturated heterocycles. The highest BCUT2D eigenvalue weighted by molar-refractivity contribution is 5.83. The quantitative estimate of drug-likeness (QED) is 0.637. The molecule has 0 aromatic heterocycles. The van der Waals surface area contributed by atoms with Crippen LogP contribution in [0, 0.1) is 11.8 Å². The summed E-state index contributed by atoms with van der Waals surface area (Å²) >= 11 is 0. The van der Waals surface area contributed by atoms with Crippen molar-refractivity contribution in [1.29, 1.82) is 0 Å². The Balaban J connectivity index is 2.21. The van der Waals surface area contributed by atoms with Gasteiger partial charge in [-0.15, -0.1) is 0 Å². The molecule has 0 saturated carbocycles. The van der Waals surface area contributed by atoms with E-state index in [9.17, 15) is 9.59 Å². The monoisotopic (exact) mass is 200 g/mol. The number of carboxylic acid groups (broad SMARTS) is 1. The summed E-state index contributed by atoms with van der Waals surface area (Å²) in [5, 5.41) is 8.96. The standard InChI is InChI=1S/C9H12O5/c1-13-9(12)7-5-3-2-4(14-5)6(7)8(10)11/h4-7H,2-3H2,1H3,(H,10,11)/t4-,5+,6+,7-/m1/s1. The second kappa shape index (κ2) is 3.24. The molecule has 0 aromatic carbocycles. The molecule has 2 fully saturated rings. The predicted octanol–water partition coefficient (Wildman–Crippen LogP) is 0.0376. The van der Waals surface area contributed by atoms with Crippen molar-refractivity contribution in [3.05, 3.63) is 0 Å². The lowest BCUT2D eigenvalue weighted by atomic mass is 9.79. The van der Waals surface area contributed by atoms with E-state index >= 15 is 0 Å². The molecular weight excluding hydrogens is 188 g/mol. The number of rotatable bonds is 2. The van der Waals surface area contributed by atoms with Crippen LogP contribution in [0.2, 0.25) is 0 Å². The van der Waals surface area contributed by atoms with Crippen LogP contribution in [0.4, 0.5) is 0 Å². The summed E-state index contributed by atoms with van der Waals surface area (Å²) in [7, 11) is 1.27. The molecule has 0 spiro atoms. The minimum Gasteiger partial charge on any atom is -0.481 e. The summed E-state index contributed by atoms with van der Waals surface area (Å²) in [5.74, 6) is -2.77. The van der Waals surface area contributed by atoms with Crippen molar-refractivity contribution in [3.63, 3.8) is 0 Å². The average molecular weight is 200 g/mol. The van der Waals surface area contributed by atoms with E-state index in [1.165, 1.54) is 7.11 Å². The van der Waals surface area contributed by atoms with Gasteiger partial charge in [0.25, 0.3) is 0 Å². The highest BCUT2D eigenvalue weighted by Gasteiger charge is 2.56. The maximum absolute atomic E-state index is 11.4. The molecule has 78 valence electrons. The fourth-order valence-electron chi connectivity index (χ4n) is 2.43. The minimum atomic E-state index is -0.965. The Morgan fingerprint density at radius 2 is 1.86 bits per heavy atom. The zero-order chi connectivity index (χ0) is 10.3. The second-order valence-electron chi connectivity index (χ2n) is 3.70. The number of carbonyl (C=O) groups excluding carboxylic acids is 1. The SMILES string of the molecule is COC(=O)[C@H]1[C@@H](C(=O)O)[C@H]2CC[C@@H]1O2. The highest BCUT2D eigenvalue weighted by atomic mass is 16.5. The molecule has 0 unspecified atom stereocenters. The van der Waals surface area contributed by atoms with Crippen LogP contribution in [0.3, 0.4) is 0 Å². The summed E-state index contributed by atoms with van der Waals surface area (Å²) in [6, 6.07) is 0. The van der Waals surface area contributed by atoms with Crippen LogP contribution in [0.15, 0.2) is 0 Å². The smallest absolute Gasteiger partial charge is 0.312 e. The fraction of sp³-hybridized carbons (Fsp3) is 0.778. The van der Waals surface area contributed by atoms with E-state index in [4.69, 9.17) is 9.84 Å². The third-order valence-electron chi connectivity index (χ3n) is 3.03. The number of fused-ring (bicyclic) bond motifs is 2. The average Bonchev–Trinajstić information content (AvgIpc) is 2.74. The number of hydrogen-bond acceptors (Lipinski definition) is 4. The molecule has 2 aliphatic rings. The zero-order valence-electron chi connectivity index (χ0n) is 7.80. The molecule has 5 nitrogen and oxygen atoms in total. The fourth-order valence-corrected chi connectivity index (χ4v) is 2.43. The lowest BCUT2D eigenvalue weighted by Crippen LogP contribution is -2.38. The van der Waals surface area contributed by atoms with Crippen LogP contribution in [-0.4, -0.2) is 36.4 Å². The Bertz CT molecular complexity index is 274. The Morgan fingerprint density at radius 3 is 2.36 bits per heavy atom. The Labute approximate surface area is 81.0 Å². The van der Waals surface area contributed by atoms with Gasteiger partial charge < -0.3 is 14.6 Å². The first-order chi connectivity index (χ1) is 6.65. The van der Waals surface area contributed by atoms with E-state index in [0.29, 0.717) is 0 Å². The van der Waals surface area contributed by atoms with E-state index in [-0.39, 0.29) is 12.2 Å². The van der Waals surface area contributed by atoms with Crippen molar-refractivity contribution < 1.29 is 24.2 Å². The zero-order valence-corrected chi connectivity index (χ0v) is 7.80. The van der Waals surface area contributed by atoms with E-state index in [0.717, 1.165) is 12.8 Å². The maximum Gasteiger partial charge on any atom is 0.312 e. The van der Waals surface area contributed by atoms with Gasteiger partial charge in [-0.05, 0) is 12.8 Å². The number of hydrogen-bond donors (Lipinski definition) is 1. The molecule has 0 amide bonds. The van der Waals surface area contributed by atoms with Crippen LogP contribution in [0.1, 0.15) is 12.8 Å². The van der Waals surface area contributed by atoms with Gasteiger partial charge in [-0.2, -0.15) is 0 Å². The molecule has 2 aliphatic heterocycles. The largest absolute Gasteiger partial charge is 0.481 e. The van der Waals surface area contributed by atoms with Crippen molar-refractivity contribution >= 4 is 11.9 Å². The van der Waals surface area contributed by atoms with E-state index in [2.05, 4.69) is 4.74 Å². The topological polar surface area (TPSA) is 72.8 Å². The Morgan fingerprint density at radius 1 is 1.29 bits per heavy atom. The van der Waals surface area contributed by atoms with Gasteiger partial charge in [-0.1, -0.05) is 0 Å². The van der Waals surface area contributed by atoms with Crippen molar-refractivity contribution in [3.8, 4) is 0 Å². The maximum atomic E-state index is 11.4. The molecule has 14 heavy (non-hydrogen) atoms. The molecule has 2 heterocycles. The van der Waals surface area contributed by atoms with Gasteiger partial charge in [0.15, 0.2) is 0 Å². The molecule has 0 radical (unpaired) electrons. The summed E-state index contributed by atoms with van der Waals surface area (Å²) in [4.78, 5) is 22.3. The lowest BCUT2D eigenvalue weighted by molar-refractivity contribution is -0.156. The number of carbonyl (C=O) groups is 2. The van der Waals surface area contributed by atoms with Crippen LogP contribution >= 0.6 is 0 Å². The molecular formula is C9H12O5. The summed E-state index contributed by atoms with van der Waals surface area (Å²) in [6.45, 7) is 0. The van der Waals surface area contributed by atoms with Crippen molar-refractivity contribution in [2.24, 2.45) is 11.8 Å². The van der Waals surface area contributed by atoms with Crippen molar-refractivity contribution in [1.82, 2.24) is 0 Å². The normalized spacial score (nSPS) is 39.8. The van der Waals surface area contributed by atoms with Gasteiger partial charge in [0.2, 0.25) is 0 Å². The Hall–Kier alpha value is -1.10. The van der Waals surface area contributed by atoms with Crippen molar-refractivity contribution in [2.45, 2.75) is 25.0 Å². The lowest BCUT2D eigenvalue weighted by Gasteiger charge is -2.22. The summed E-state index contributed by atoms with van der Waals surface area (Å²) < 4.78 is 9.98. The van der Waals surface area contributed by atoms with Gasteiger partial charge in [0.05, 0.1) is 31.2 Å². The molecule has 1 N–H and O–H groups in total. The molecule has 2 bridgehead atoms. The third-order valence-corrected chi connectivity index (χ3v) is 3.03. The number of aliphatic carboxylic acids is 1. The van der Waals surface area contributed by atoms with Crippen LogP contribution < -0.4 is 0 Å². The minimum absolute atomic E-state index is 0.256. The highest BCUT2D eigenvalue weighted by Crippen LogP contribution is 2.43. The number of esters is 1. The van der Waals surface area contributed by atoms with Gasteiger partial charge in [0, 0.05) is 0 Å². The van der Waals surface area contributed by atoms with Gasteiger partial charge >= 0.3 is 11.9 Å². The molecule has 0 aromatic rings. The Kier molecular flexibility index (Phi) is 2.19. The summed E-state index contributed by atoms with van der Waals surface area (Å²) in [6.07, 6.45) is 0.929. The van der Waals surface area contributed by atoms with Gasteiger partial charge in [-0.3, -0.25) is 9.59 Å². The molecule has 4 atom stereocenters. The van der Waals surface area contributed by atoms with E-state index in [1.54, 1.807) is 0 Å². The van der Waals surface area contributed by atoms with Gasteiger partial charge in [-0.25, -0.2) is 0 Å². The molecule has 0 aliphatic carbocycles. The van der Waals surface area contributed by atoms with E-state index in [1.807, 2.05) is 0 Å². The molecule has 5 heteroatoms. The van der Waals surface area contributed by atoms with Crippen LogP contribution in [0.5, 0.6) is 0 Å². The summed E-state index contributed by atoms with van der Waals surface area (Å²) in [5.41, 5.74) is 0. The number of carboxylic acids is 1. The number of methoxy groups -OCH3 is 1. The first-order valence-electron chi connectivity index (χ1n) is 4.61.